The molecular weight excluding hydrogens is 444 g/mol. The van der Waals surface area contributed by atoms with Crippen molar-refractivity contribution in [3.63, 3.8) is 0 Å². The summed E-state index contributed by atoms with van der Waals surface area (Å²) in [5, 5.41) is 5.57. The lowest BCUT2D eigenvalue weighted by Crippen LogP contribution is -2.22. The summed E-state index contributed by atoms with van der Waals surface area (Å²) in [6.45, 7) is 2.94. The first-order chi connectivity index (χ1) is 14.6. The SMILES string of the molecule is CCNC(=O)c1cccc(NC(=O)c2ccc(OCCc3ccccc3)c(Br)c2)c1. The van der Waals surface area contributed by atoms with E-state index in [0.29, 0.717) is 40.2 Å². The summed E-state index contributed by atoms with van der Waals surface area (Å²) < 4.78 is 6.54. The Kier molecular flexibility index (Phi) is 7.63. The molecule has 0 fully saturated rings. The van der Waals surface area contributed by atoms with Crippen LogP contribution >= 0.6 is 15.9 Å². The Morgan fingerprint density at radius 3 is 2.40 bits per heavy atom. The molecule has 0 saturated heterocycles. The molecule has 0 bridgehead atoms. The fourth-order valence-electron chi connectivity index (χ4n) is 2.89. The van der Waals surface area contributed by atoms with Crippen LogP contribution in [0.2, 0.25) is 0 Å². The zero-order chi connectivity index (χ0) is 21.3. The van der Waals surface area contributed by atoms with Gasteiger partial charge in [-0.15, -0.1) is 0 Å². The van der Waals surface area contributed by atoms with Crippen LogP contribution in [0, 0.1) is 0 Å². The van der Waals surface area contributed by atoms with E-state index in [1.165, 1.54) is 5.56 Å². The minimum absolute atomic E-state index is 0.173. The fraction of sp³-hybridized carbons (Fsp3) is 0.167. The molecule has 0 aliphatic carbocycles. The highest BCUT2D eigenvalue weighted by atomic mass is 79.9. The lowest BCUT2D eigenvalue weighted by molar-refractivity contribution is 0.0954. The van der Waals surface area contributed by atoms with Gasteiger partial charge in [-0.1, -0.05) is 36.4 Å². The van der Waals surface area contributed by atoms with Crippen molar-refractivity contribution in [2.75, 3.05) is 18.5 Å². The van der Waals surface area contributed by atoms with Crippen molar-refractivity contribution in [3.05, 3.63) is 94.0 Å². The van der Waals surface area contributed by atoms with E-state index < -0.39 is 0 Å². The molecule has 0 aromatic heterocycles. The third kappa shape index (κ3) is 5.94. The Bertz CT molecular complexity index is 1020. The number of halogens is 1. The average Bonchev–Trinajstić information content (AvgIpc) is 2.76. The quantitative estimate of drug-likeness (QED) is 0.486. The zero-order valence-corrected chi connectivity index (χ0v) is 18.2. The molecule has 0 radical (unpaired) electrons. The molecule has 3 aromatic rings. The summed E-state index contributed by atoms with van der Waals surface area (Å²) in [5.74, 6) is 0.244. The largest absolute Gasteiger partial charge is 0.492 e. The summed E-state index contributed by atoms with van der Waals surface area (Å²) in [5.41, 5.74) is 2.75. The predicted molar refractivity (Wildman–Crippen MR) is 122 cm³/mol. The lowest BCUT2D eigenvalue weighted by Gasteiger charge is -2.11. The van der Waals surface area contributed by atoms with Crippen LogP contribution in [-0.4, -0.2) is 25.0 Å². The maximum atomic E-state index is 12.6. The molecule has 3 aromatic carbocycles. The van der Waals surface area contributed by atoms with Crippen molar-refractivity contribution in [2.45, 2.75) is 13.3 Å². The van der Waals surface area contributed by atoms with E-state index in [2.05, 4.69) is 38.7 Å². The lowest BCUT2D eigenvalue weighted by atomic mass is 10.1. The van der Waals surface area contributed by atoms with Gasteiger partial charge in [0.15, 0.2) is 0 Å². The maximum Gasteiger partial charge on any atom is 0.255 e. The molecule has 3 rings (SSSR count). The number of rotatable bonds is 8. The molecule has 154 valence electrons. The summed E-state index contributed by atoms with van der Waals surface area (Å²) >= 11 is 3.48. The molecule has 0 spiro atoms. The van der Waals surface area contributed by atoms with Crippen LogP contribution < -0.4 is 15.4 Å². The first kappa shape index (κ1) is 21.6. The number of carbonyl (C=O) groups excluding carboxylic acids is 2. The van der Waals surface area contributed by atoms with E-state index in [9.17, 15) is 9.59 Å². The monoisotopic (exact) mass is 466 g/mol. The third-order valence-electron chi connectivity index (χ3n) is 4.41. The molecule has 6 heteroatoms. The van der Waals surface area contributed by atoms with Crippen molar-refractivity contribution in [3.8, 4) is 5.75 Å². The van der Waals surface area contributed by atoms with Crippen LogP contribution in [0.3, 0.4) is 0 Å². The summed E-state index contributed by atoms with van der Waals surface area (Å²) in [6, 6.07) is 22.2. The van der Waals surface area contributed by atoms with Gasteiger partial charge in [0, 0.05) is 29.8 Å². The second-order valence-corrected chi connectivity index (χ2v) is 7.48. The van der Waals surface area contributed by atoms with Crippen molar-refractivity contribution < 1.29 is 14.3 Å². The number of anilines is 1. The Balaban J connectivity index is 1.61. The summed E-state index contributed by atoms with van der Waals surface area (Å²) in [6.07, 6.45) is 0.803. The predicted octanol–water partition coefficient (Wildman–Crippen LogP) is 5.07. The van der Waals surface area contributed by atoms with Gasteiger partial charge < -0.3 is 15.4 Å². The molecule has 0 heterocycles. The standard InChI is InChI=1S/C24H23BrN2O3/c1-2-26-23(28)18-9-6-10-20(15-18)27-24(29)19-11-12-22(21(25)16-19)30-14-13-17-7-4-3-5-8-17/h3-12,15-16H,2,13-14H2,1H3,(H,26,28)(H,27,29). The number of benzene rings is 3. The molecule has 0 atom stereocenters. The van der Waals surface area contributed by atoms with Crippen LogP contribution in [0.25, 0.3) is 0 Å². The van der Waals surface area contributed by atoms with Crippen LogP contribution in [0.5, 0.6) is 5.75 Å². The first-order valence-corrected chi connectivity index (χ1v) is 10.5. The minimum atomic E-state index is -0.264. The second kappa shape index (κ2) is 10.6. The Morgan fingerprint density at radius 1 is 0.900 bits per heavy atom. The third-order valence-corrected chi connectivity index (χ3v) is 5.02. The molecular formula is C24H23BrN2O3. The van der Waals surface area contributed by atoms with Gasteiger partial charge >= 0.3 is 0 Å². The number of hydrogen-bond acceptors (Lipinski definition) is 3. The topological polar surface area (TPSA) is 67.4 Å². The Morgan fingerprint density at radius 2 is 1.67 bits per heavy atom. The highest BCUT2D eigenvalue weighted by molar-refractivity contribution is 9.10. The van der Waals surface area contributed by atoms with E-state index in [1.54, 1.807) is 42.5 Å². The molecule has 0 aliphatic heterocycles. The average molecular weight is 467 g/mol. The molecule has 2 N–H and O–H groups in total. The minimum Gasteiger partial charge on any atom is -0.492 e. The highest BCUT2D eigenvalue weighted by Crippen LogP contribution is 2.26. The number of ether oxygens (including phenoxy) is 1. The van der Waals surface area contributed by atoms with Crippen LogP contribution in [0.4, 0.5) is 5.69 Å². The molecule has 0 unspecified atom stereocenters. The van der Waals surface area contributed by atoms with Gasteiger partial charge in [-0.3, -0.25) is 9.59 Å². The van der Waals surface area contributed by atoms with Gasteiger partial charge in [0.05, 0.1) is 11.1 Å². The maximum absolute atomic E-state index is 12.6. The van der Waals surface area contributed by atoms with Gasteiger partial charge in [-0.25, -0.2) is 0 Å². The molecule has 2 amide bonds. The van der Waals surface area contributed by atoms with Crippen molar-refractivity contribution in [1.29, 1.82) is 0 Å². The van der Waals surface area contributed by atoms with Crippen molar-refractivity contribution >= 4 is 33.4 Å². The first-order valence-electron chi connectivity index (χ1n) is 9.72. The smallest absolute Gasteiger partial charge is 0.255 e. The van der Waals surface area contributed by atoms with E-state index in [0.717, 1.165) is 6.42 Å². The number of amides is 2. The molecule has 30 heavy (non-hydrogen) atoms. The van der Waals surface area contributed by atoms with Gasteiger partial charge in [0.25, 0.3) is 11.8 Å². The molecule has 5 nitrogen and oxygen atoms in total. The fourth-order valence-corrected chi connectivity index (χ4v) is 3.38. The van der Waals surface area contributed by atoms with E-state index in [-0.39, 0.29) is 11.8 Å². The van der Waals surface area contributed by atoms with E-state index in [1.807, 2.05) is 25.1 Å². The van der Waals surface area contributed by atoms with Crippen LogP contribution in [0.15, 0.2) is 77.3 Å². The Labute approximate surface area is 184 Å². The summed E-state index contributed by atoms with van der Waals surface area (Å²) in [7, 11) is 0. The van der Waals surface area contributed by atoms with Crippen molar-refractivity contribution in [2.24, 2.45) is 0 Å². The second-order valence-electron chi connectivity index (χ2n) is 6.62. The van der Waals surface area contributed by atoms with Crippen LogP contribution in [0.1, 0.15) is 33.2 Å². The molecule has 0 saturated carbocycles. The highest BCUT2D eigenvalue weighted by Gasteiger charge is 2.11. The van der Waals surface area contributed by atoms with Crippen molar-refractivity contribution in [1.82, 2.24) is 5.32 Å². The van der Waals surface area contributed by atoms with Crippen LogP contribution in [-0.2, 0) is 6.42 Å². The van der Waals surface area contributed by atoms with Gasteiger partial charge in [0.1, 0.15) is 5.75 Å². The van der Waals surface area contributed by atoms with Gasteiger partial charge in [0.2, 0.25) is 0 Å². The number of carbonyl (C=O) groups is 2. The van der Waals surface area contributed by atoms with Gasteiger partial charge in [-0.2, -0.15) is 0 Å². The summed E-state index contributed by atoms with van der Waals surface area (Å²) in [4.78, 5) is 24.6. The van der Waals surface area contributed by atoms with E-state index in [4.69, 9.17) is 4.74 Å². The van der Waals surface area contributed by atoms with E-state index >= 15 is 0 Å². The zero-order valence-electron chi connectivity index (χ0n) is 16.7. The number of hydrogen-bond donors (Lipinski definition) is 2. The Hall–Kier alpha value is -3.12. The molecule has 0 aliphatic rings. The normalized spacial score (nSPS) is 10.3. The number of nitrogens with one attached hydrogen (secondary N) is 2. The van der Waals surface area contributed by atoms with Gasteiger partial charge in [-0.05, 0) is 64.8 Å².